The third-order valence-corrected chi connectivity index (χ3v) is 3.47. The average Bonchev–Trinajstić information content (AvgIpc) is 3.05. The molecule has 2 N–H and O–H groups in total. The van der Waals surface area contributed by atoms with E-state index in [1.807, 2.05) is 0 Å². The number of hydrogen-bond acceptors (Lipinski definition) is 3. The van der Waals surface area contributed by atoms with Gasteiger partial charge in [0.05, 0.1) is 6.42 Å². The van der Waals surface area contributed by atoms with E-state index in [2.05, 4.69) is 10.2 Å². The fourth-order valence-corrected chi connectivity index (χ4v) is 2.50. The van der Waals surface area contributed by atoms with Crippen molar-refractivity contribution < 1.29 is 14.7 Å². The van der Waals surface area contributed by atoms with Gasteiger partial charge in [0, 0.05) is 24.1 Å². The van der Waals surface area contributed by atoms with E-state index >= 15 is 0 Å². The summed E-state index contributed by atoms with van der Waals surface area (Å²) in [5.74, 6) is -1.70. The van der Waals surface area contributed by atoms with Crippen LogP contribution in [0.2, 0.25) is 0 Å². The first-order valence-corrected chi connectivity index (χ1v) is 6.27. The predicted molar refractivity (Wildman–Crippen MR) is 71.5 cm³/mol. The van der Waals surface area contributed by atoms with Gasteiger partial charge in [-0.05, 0) is 17.7 Å². The molecule has 1 atom stereocenters. The molecule has 0 saturated carbocycles. The quantitative estimate of drug-likeness (QED) is 0.877. The first-order valence-electron chi connectivity index (χ1n) is 6.27. The van der Waals surface area contributed by atoms with E-state index in [-0.39, 0.29) is 18.9 Å². The van der Waals surface area contributed by atoms with Crippen molar-refractivity contribution in [3.8, 4) is 0 Å². The molecule has 1 aliphatic rings. The van der Waals surface area contributed by atoms with E-state index in [9.17, 15) is 14.7 Å². The van der Waals surface area contributed by atoms with E-state index in [0.717, 1.165) is 0 Å². The van der Waals surface area contributed by atoms with Crippen molar-refractivity contribution in [2.24, 2.45) is 0 Å². The minimum atomic E-state index is -0.908. The van der Waals surface area contributed by atoms with Gasteiger partial charge < -0.3 is 10.0 Å². The smallest absolute Gasteiger partial charge is 0.312 e. The maximum absolute atomic E-state index is 12.3. The number of carboxylic acid groups (broad SMARTS) is 1. The first kappa shape index (κ1) is 12.4. The number of aliphatic carboxylic acids is 1. The molecule has 0 aliphatic carbocycles. The van der Waals surface area contributed by atoms with Gasteiger partial charge in [0.1, 0.15) is 5.92 Å². The molecule has 0 spiro atoms. The molecule has 6 nitrogen and oxygen atoms in total. The van der Waals surface area contributed by atoms with E-state index < -0.39 is 11.9 Å². The lowest BCUT2D eigenvalue weighted by Crippen LogP contribution is -2.32. The average molecular weight is 271 g/mol. The number of aromatic nitrogens is 2. The molecule has 1 amide bonds. The van der Waals surface area contributed by atoms with Gasteiger partial charge in [-0.1, -0.05) is 18.2 Å². The SMILES string of the molecule is O=C(O)C1CN(C(=O)Cc2ccn[nH]2)c2ccccc21. The van der Waals surface area contributed by atoms with E-state index in [4.69, 9.17) is 0 Å². The van der Waals surface area contributed by atoms with Gasteiger partial charge in [0.25, 0.3) is 0 Å². The van der Waals surface area contributed by atoms with Crippen LogP contribution in [0.15, 0.2) is 36.5 Å². The van der Waals surface area contributed by atoms with Crippen LogP contribution in [0.1, 0.15) is 17.2 Å². The maximum Gasteiger partial charge on any atom is 0.312 e. The molecule has 6 heteroatoms. The van der Waals surface area contributed by atoms with Crippen LogP contribution in [-0.4, -0.2) is 33.7 Å². The third kappa shape index (κ3) is 2.05. The fourth-order valence-electron chi connectivity index (χ4n) is 2.50. The van der Waals surface area contributed by atoms with Crippen LogP contribution in [0.4, 0.5) is 5.69 Å². The molecule has 1 unspecified atom stereocenters. The van der Waals surface area contributed by atoms with Gasteiger partial charge in [-0.25, -0.2) is 0 Å². The van der Waals surface area contributed by atoms with Crippen molar-refractivity contribution in [2.75, 3.05) is 11.4 Å². The number of hydrogen-bond donors (Lipinski definition) is 2. The number of benzene rings is 1. The lowest BCUT2D eigenvalue weighted by atomic mass is 10.0. The van der Waals surface area contributed by atoms with E-state index in [1.54, 1.807) is 36.5 Å². The summed E-state index contributed by atoms with van der Waals surface area (Å²) >= 11 is 0. The van der Waals surface area contributed by atoms with Crippen molar-refractivity contribution in [2.45, 2.75) is 12.3 Å². The van der Waals surface area contributed by atoms with E-state index in [0.29, 0.717) is 16.9 Å². The number of nitrogens with one attached hydrogen (secondary N) is 1. The molecule has 2 aromatic rings. The number of anilines is 1. The minimum Gasteiger partial charge on any atom is -0.481 e. The second-order valence-electron chi connectivity index (χ2n) is 4.71. The van der Waals surface area contributed by atoms with Gasteiger partial charge >= 0.3 is 5.97 Å². The zero-order valence-electron chi connectivity index (χ0n) is 10.6. The monoisotopic (exact) mass is 271 g/mol. The number of carboxylic acids is 1. The lowest BCUT2D eigenvalue weighted by molar-refractivity contribution is -0.138. The molecular weight excluding hydrogens is 258 g/mol. The van der Waals surface area contributed by atoms with E-state index in [1.165, 1.54) is 4.90 Å². The number of fused-ring (bicyclic) bond motifs is 1. The number of carbonyl (C=O) groups excluding carboxylic acids is 1. The number of rotatable bonds is 3. The topological polar surface area (TPSA) is 86.3 Å². The van der Waals surface area contributed by atoms with Crippen LogP contribution in [0.25, 0.3) is 0 Å². The number of para-hydroxylation sites is 1. The Hall–Kier alpha value is -2.63. The van der Waals surface area contributed by atoms with Crippen LogP contribution in [0.3, 0.4) is 0 Å². The third-order valence-electron chi connectivity index (χ3n) is 3.47. The Balaban J connectivity index is 1.88. The van der Waals surface area contributed by atoms with Crippen LogP contribution < -0.4 is 4.90 Å². The Morgan fingerprint density at radius 1 is 1.35 bits per heavy atom. The highest BCUT2D eigenvalue weighted by atomic mass is 16.4. The second-order valence-corrected chi connectivity index (χ2v) is 4.71. The molecule has 0 fully saturated rings. The highest BCUT2D eigenvalue weighted by Crippen LogP contribution is 2.36. The van der Waals surface area contributed by atoms with Crippen molar-refractivity contribution in [1.29, 1.82) is 0 Å². The van der Waals surface area contributed by atoms with Crippen LogP contribution in [0, 0.1) is 0 Å². The first-order chi connectivity index (χ1) is 9.66. The Bertz CT molecular complexity index is 651. The van der Waals surface area contributed by atoms with Crippen LogP contribution >= 0.6 is 0 Å². The lowest BCUT2D eigenvalue weighted by Gasteiger charge is -2.16. The van der Waals surface area contributed by atoms with Crippen LogP contribution in [-0.2, 0) is 16.0 Å². The zero-order valence-corrected chi connectivity index (χ0v) is 10.6. The van der Waals surface area contributed by atoms with Gasteiger partial charge in [0.2, 0.25) is 5.91 Å². The molecule has 2 heterocycles. The summed E-state index contributed by atoms with van der Waals surface area (Å²) in [5, 5.41) is 15.8. The van der Waals surface area contributed by atoms with Crippen molar-refractivity contribution >= 4 is 17.6 Å². The number of aromatic amines is 1. The molecule has 0 bridgehead atoms. The molecule has 0 saturated heterocycles. The fraction of sp³-hybridized carbons (Fsp3) is 0.214. The molecule has 0 radical (unpaired) electrons. The normalized spacial score (nSPS) is 17.0. The second kappa shape index (κ2) is 4.80. The summed E-state index contributed by atoms with van der Waals surface area (Å²) in [6.45, 7) is 0.182. The standard InChI is InChI=1S/C14H13N3O3/c18-13(7-9-5-6-15-16-9)17-8-11(14(19)20)10-3-1-2-4-12(10)17/h1-6,11H,7-8H2,(H,15,16)(H,19,20). The Morgan fingerprint density at radius 2 is 2.15 bits per heavy atom. The maximum atomic E-state index is 12.3. The highest BCUT2D eigenvalue weighted by molar-refractivity contribution is 5.99. The Morgan fingerprint density at radius 3 is 2.85 bits per heavy atom. The van der Waals surface area contributed by atoms with Gasteiger partial charge in [-0.2, -0.15) is 5.10 Å². The summed E-state index contributed by atoms with van der Waals surface area (Å²) in [4.78, 5) is 25.2. The largest absolute Gasteiger partial charge is 0.481 e. The molecular formula is C14H13N3O3. The number of amides is 1. The van der Waals surface area contributed by atoms with Gasteiger partial charge in [-0.3, -0.25) is 14.7 Å². The molecule has 3 rings (SSSR count). The Labute approximate surface area is 115 Å². The zero-order chi connectivity index (χ0) is 14.1. The summed E-state index contributed by atoms with van der Waals surface area (Å²) in [7, 11) is 0. The molecule has 102 valence electrons. The van der Waals surface area contributed by atoms with Gasteiger partial charge in [0.15, 0.2) is 0 Å². The summed E-state index contributed by atoms with van der Waals surface area (Å²) < 4.78 is 0. The number of carbonyl (C=O) groups is 2. The molecule has 1 aliphatic heterocycles. The van der Waals surface area contributed by atoms with Gasteiger partial charge in [-0.15, -0.1) is 0 Å². The number of nitrogens with zero attached hydrogens (tertiary/aromatic N) is 2. The Kier molecular flexibility index (Phi) is 2.98. The summed E-state index contributed by atoms with van der Waals surface area (Å²) in [6.07, 6.45) is 1.77. The summed E-state index contributed by atoms with van der Waals surface area (Å²) in [5.41, 5.74) is 2.09. The molecule has 20 heavy (non-hydrogen) atoms. The predicted octanol–water partition coefficient (Wildman–Crippen LogP) is 1.17. The summed E-state index contributed by atoms with van der Waals surface area (Å²) in [6, 6.07) is 8.87. The molecule has 1 aromatic heterocycles. The van der Waals surface area contributed by atoms with Crippen molar-refractivity contribution in [3.05, 3.63) is 47.8 Å². The number of H-pyrrole nitrogens is 1. The minimum absolute atomic E-state index is 0.134. The van der Waals surface area contributed by atoms with Crippen molar-refractivity contribution in [3.63, 3.8) is 0 Å². The van der Waals surface area contributed by atoms with Crippen molar-refractivity contribution in [1.82, 2.24) is 10.2 Å². The van der Waals surface area contributed by atoms with Crippen LogP contribution in [0.5, 0.6) is 0 Å². The highest BCUT2D eigenvalue weighted by Gasteiger charge is 2.36. The molecule has 1 aromatic carbocycles.